The number of carbonyl (C=O) groups is 1. The summed E-state index contributed by atoms with van der Waals surface area (Å²) in [6.07, 6.45) is 0.632. The molecule has 8 nitrogen and oxygen atoms in total. The number of aromatic nitrogens is 4. The van der Waals surface area contributed by atoms with Gasteiger partial charge in [-0.25, -0.2) is 9.97 Å². The first kappa shape index (κ1) is 15.8. The second-order valence-electron chi connectivity index (χ2n) is 6.26. The summed E-state index contributed by atoms with van der Waals surface area (Å²) in [5.74, 6) is 1.82. The molecule has 4 rings (SSSR count). The normalized spacial score (nSPS) is 20.5. The van der Waals surface area contributed by atoms with Crippen molar-refractivity contribution in [2.45, 2.75) is 32.4 Å². The number of benzene rings is 1. The Kier molecular flexibility index (Phi) is 3.76. The number of H-pyrrole nitrogens is 1. The maximum Gasteiger partial charge on any atom is 0.254 e. The van der Waals surface area contributed by atoms with Crippen LogP contribution in [0.25, 0.3) is 11.1 Å². The van der Waals surface area contributed by atoms with Crippen molar-refractivity contribution >= 4 is 17.0 Å². The lowest BCUT2D eigenvalue weighted by Gasteiger charge is -2.22. The summed E-state index contributed by atoms with van der Waals surface area (Å²) in [6, 6.07) is 5.09. The lowest BCUT2D eigenvalue weighted by atomic mass is 10.1. The predicted molar refractivity (Wildman–Crippen MR) is 89.1 cm³/mol. The van der Waals surface area contributed by atoms with E-state index < -0.39 is 0 Å². The number of nitrogens with zero attached hydrogens (tertiary/aromatic N) is 4. The Labute approximate surface area is 144 Å². The molecule has 0 spiro atoms. The number of hydrogen-bond donors (Lipinski definition) is 1. The van der Waals surface area contributed by atoms with Crippen LogP contribution in [-0.2, 0) is 4.74 Å². The number of hydrogen-bond acceptors (Lipinski definition) is 6. The van der Waals surface area contributed by atoms with Crippen LogP contribution in [0, 0.1) is 13.8 Å². The van der Waals surface area contributed by atoms with Crippen molar-refractivity contribution in [3.63, 3.8) is 0 Å². The Bertz CT molecular complexity index is 931. The Morgan fingerprint density at radius 2 is 2.20 bits per heavy atom. The lowest BCUT2D eigenvalue weighted by molar-refractivity contribution is 0.0684. The van der Waals surface area contributed by atoms with E-state index >= 15 is 0 Å². The van der Waals surface area contributed by atoms with Gasteiger partial charge in [-0.3, -0.25) is 9.89 Å². The molecule has 0 radical (unpaired) electrons. The molecule has 1 aliphatic heterocycles. The molecule has 8 heteroatoms. The zero-order valence-corrected chi connectivity index (χ0v) is 14.3. The minimum atomic E-state index is -0.213. The number of nitrogens with one attached hydrogen (secondary N) is 1. The molecule has 0 unspecified atom stereocenters. The van der Waals surface area contributed by atoms with Gasteiger partial charge in [0.25, 0.3) is 5.91 Å². The maximum atomic E-state index is 13.1. The number of aryl methyl sites for hydroxylation is 2. The van der Waals surface area contributed by atoms with E-state index in [0.29, 0.717) is 35.8 Å². The molecule has 1 N–H and O–H groups in total. The Balaban J connectivity index is 1.67. The number of aromatic amines is 1. The van der Waals surface area contributed by atoms with Crippen LogP contribution in [-0.4, -0.2) is 50.7 Å². The summed E-state index contributed by atoms with van der Waals surface area (Å²) in [7, 11) is 1.66. The molecule has 1 aromatic carbocycles. The molecular weight excluding hydrogens is 322 g/mol. The van der Waals surface area contributed by atoms with Crippen molar-refractivity contribution in [3.8, 4) is 0 Å². The van der Waals surface area contributed by atoms with Crippen molar-refractivity contribution in [3.05, 3.63) is 41.3 Å². The molecule has 1 amide bonds. The van der Waals surface area contributed by atoms with Gasteiger partial charge in [0.15, 0.2) is 17.3 Å². The van der Waals surface area contributed by atoms with E-state index in [1.807, 2.05) is 6.92 Å². The van der Waals surface area contributed by atoms with E-state index in [9.17, 15) is 4.79 Å². The van der Waals surface area contributed by atoms with Gasteiger partial charge in [-0.2, -0.15) is 5.10 Å². The van der Waals surface area contributed by atoms with Gasteiger partial charge in [-0.1, -0.05) is 0 Å². The van der Waals surface area contributed by atoms with E-state index in [-0.39, 0.29) is 18.1 Å². The van der Waals surface area contributed by atoms with Crippen LogP contribution >= 0.6 is 0 Å². The minimum Gasteiger partial charge on any atom is -0.441 e. The summed E-state index contributed by atoms with van der Waals surface area (Å²) in [5.41, 5.74) is 1.90. The zero-order chi connectivity index (χ0) is 17.6. The average molecular weight is 341 g/mol. The van der Waals surface area contributed by atoms with Crippen LogP contribution in [0.1, 0.15) is 40.4 Å². The first-order chi connectivity index (χ1) is 12.0. The fourth-order valence-corrected chi connectivity index (χ4v) is 3.29. The van der Waals surface area contributed by atoms with Gasteiger partial charge < -0.3 is 14.1 Å². The second-order valence-corrected chi connectivity index (χ2v) is 6.26. The number of likely N-dealkylation sites (tertiary alicyclic amines) is 1. The van der Waals surface area contributed by atoms with Gasteiger partial charge in [0.1, 0.15) is 11.3 Å². The number of fused-ring (bicyclic) bond motifs is 1. The molecule has 2 atom stereocenters. The molecule has 3 heterocycles. The molecule has 1 aliphatic rings. The monoisotopic (exact) mass is 341 g/mol. The third-order valence-corrected chi connectivity index (χ3v) is 4.51. The number of methoxy groups -OCH3 is 1. The third-order valence-electron chi connectivity index (χ3n) is 4.51. The van der Waals surface area contributed by atoms with Gasteiger partial charge in [-0.05, 0) is 25.1 Å². The molecule has 0 aliphatic carbocycles. The average Bonchev–Trinajstić information content (AvgIpc) is 3.29. The summed E-state index contributed by atoms with van der Waals surface area (Å²) < 4.78 is 11.0. The standard InChI is InChI=1S/C17H19N5O3/c1-9-18-16(21-20-9)14-7-12(24-3)8-22(14)17(23)11-4-5-13-15(6-11)25-10(2)19-13/h4-6,12,14H,7-8H2,1-3H3,(H,18,20,21)/t12-,14+/m1/s1. The highest BCUT2D eigenvalue weighted by Crippen LogP contribution is 2.33. The van der Waals surface area contributed by atoms with Crippen molar-refractivity contribution < 1.29 is 13.9 Å². The van der Waals surface area contributed by atoms with Crippen LogP contribution < -0.4 is 0 Å². The number of carbonyl (C=O) groups excluding carboxylic acids is 1. The summed E-state index contributed by atoms with van der Waals surface area (Å²) in [4.78, 5) is 23.5. The molecule has 1 saturated heterocycles. The molecule has 3 aromatic rings. The number of rotatable bonds is 3. The molecule has 2 aromatic heterocycles. The van der Waals surface area contributed by atoms with Crippen molar-refractivity contribution in [1.29, 1.82) is 0 Å². The van der Waals surface area contributed by atoms with Crippen LogP contribution in [0.4, 0.5) is 0 Å². The highest BCUT2D eigenvalue weighted by Gasteiger charge is 2.39. The summed E-state index contributed by atoms with van der Waals surface area (Å²) >= 11 is 0. The van der Waals surface area contributed by atoms with Crippen LogP contribution in [0.2, 0.25) is 0 Å². The fourth-order valence-electron chi connectivity index (χ4n) is 3.29. The molecule has 0 bridgehead atoms. The minimum absolute atomic E-state index is 0.0380. The predicted octanol–water partition coefficient (Wildman–Crippen LogP) is 2.16. The summed E-state index contributed by atoms with van der Waals surface area (Å²) in [5, 5.41) is 7.07. The van der Waals surface area contributed by atoms with Crippen LogP contribution in [0.3, 0.4) is 0 Å². The quantitative estimate of drug-likeness (QED) is 0.784. The van der Waals surface area contributed by atoms with E-state index in [2.05, 4.69) is 20.2 Å². The van der Waals surface area contributed by atoms with Crippen molar-refractivity contribution in [2.24, 2.45) is 0 Å². The van der Waals surface area contributed by atoms with Crippen LogP contribution in [0.5, 0.6) is 0 Å². The number of ether oxygens (including phenoxy) is 1. The SMILES string of the molecule is CO[C@@H]1C[C@@H](c2n[nH]c(C)n2)N(C(=O)c2ccc3nc(C)oc3c2)C1. The van der Waals surface area contributed by atoms with Gasteiger partial charge in [0.05, 0.1) is 12.1 Å². The number of oxazole rings is 1. The maximum absolute atomic E-state index is 13.1. The van der Waals surface area contributed by atoms with Crippen LogP contribution in [0.15, 0.2) is 22.6 Å². The fraction of sp³-hybridized carbons (Fsp3) is 0.412. The molecular formula is C17H19N5O3. The largest absolute Gasteiger partial charge is 0.441 e. The highest BCUT2D eigenvalue weighted by molar-refractivity contribution is 5.97. The molecule has 0 saturated carbocycles. The Hall–Kier alpha value is -2.74. The van der Waals surface area contributed by atoms with E-state index in [4.69, 9.17) is 9.15 Å². The lowest BCUT2D eigenvalue weighted by Crippen LogP contribution is -2.32. The molecule has 130 valence electrons. The van der Waals surface area contributed by atoms with Gasteiger partial charge in [-0.15, -0.1) is 0 Å². The Morgan fingerprint density at radius 1 is 1.36 bits per heavy atom. The second kappa shape index (κ2) is 5.96. The van der Waals surface area contributed by atoms with E-state index in [1.165, 1.54) is 0 Å². The zero-order valence-electron chi connectivity index (χ0n) is 14.3. The van der Waals surface area contributed by atoms with E-state index in [1.54, 1.807) is 37.1 Å². The van der Waals surface area contributed by atoms with Crippen molar-refractivity contribution in [2.75, 3.05) is 13.7 Å². The molecule has 25 heavy (non-hydrogen) atoms. The highest BCUT2D eigenvalue weighted by atomic mass is 16.5. The summed E-state index contributed by atoms with van der Waals surface area (Å²) in [6.45, 7) is 4.12. The van der Waals surface area contributed by atoms with Gasteiger partial charge in [0, 0.05) is 32.6 Å². The Morgan fingerprint density at radius 3 is 2.92 bits per heavy atom. The smallest absolute Gasteiger partial charge is 0.254 e. The third kappa shape index (κ3) is 2.78. The topological polar surface area (TPSA) is 97.1 Å². The first-order valence-corrected chi connectivity index (χ1v) is 8.15. The number of amides is 1. The molecule has 1 fully saturated rings. The van der Waals surface area contributed by atoms with Gasteiger partial charge >= 0.3 is 0 Å². The first-order valence-electron chi connectivity index (χ1n) is 8.15. The van der Waals surface area contributed by atoms with Gasteiger partial charge in [0.2, 0.25) is 0 Å². The van der Waals surface area contributed by atoms with Crippen molar-refractivity contribution in [1.82, 2.24) is 25.1 Å². The van der Waals surface area contributed by atoms with E-state index in [0.717, 1.165) is 11.3 Å².